The molecule has 0 aliphatic rings. The third-order valence-electron chi connectivity index (χ3n) is 2.37. The molecule has 1 aromatic heterocycles. The topological polar surface area (TPSA) is 39.4 Å². The van der Waals surface area contributed by atoms with Gasteiger partial charge >= 0.3 is 5.97 Å². The molecule has 92 valence electrons. The quantitative estimate of drug-likeness (QED) is 0.467. The van der Waals surface area contributed by atoms with Crippen molar-refractivity contribution in [2.45, 2.75) is 13.5 Å². The fourth-order valence-corrected chi connectivity index (χ4v) is 1.54. The highest BCUT2D eigenvalue weighted by Gasteiger charge is 2.04. The molecule has 3 nitrogen and oxygen atoms in total. The van der Waals surface area contributed by atoms with Crippen molar-refractivity contribution in [1.29, 1.82) is 0 Å². The van der Waals surface area contributed by atoms with Crippen molar-refractivity contribution in [1.82, 2.24) is 0 Å². The molecule has 2 rings (SSSR count). The van der Waals surface area contributed by atoms with E-state index in [2.05, 4.69) is 0 Å². The standard InChI is InChI=1S/C15H14O3/c1-2-3-4-9-15(16)17-11-13-10-12-7-5-6-8-14(12)18-13/h2-10H,11H2,1H3/b3-2+,9-4+. The third kappa shape index (κ3) is 3.10. The molecule has 2 aromatic rings. The number of ether oxygens (including phenoxy) is 1. The van der Waals surface area contributed by atoms with E-state index in [1.807, 2.05) is 43.3 Å². The van der Waals surface area contributed by atoms with Gasteiger partial charge in [0.2, 0.25) is 0 Å². The van der Waals surface area contributed by atoms with Crippen molar-refractivity contribution in [3.8, 4) is 0 Å². The van der Waals surface area contributed by atoms with Crippen LogP contribution in [-0.4, -0.2) is 5.97 Å². The van der Waals surface area contributed by atoms with Crippen molar-refractivity contribution in [3.63, 3.8) is 0 Å². The van der Waals surface area contributed by atoms with Crippen LogP contribution in [-0.2, 0) is 16.1 Å². The molecule has 18 heavy (non-hydrogen) atoms. The number of carbonyl (C=O) groups excluding carboxylic acids is 1. The molecule has 0 saturated carbocycles. The van der Waals surface area contributed by atoms with Gasteiger partial charge in [0.1, 0.15) is 18.0 Å². The average Bonchev–Trinajstić information content (AvgIpc) is 2.79. The van der Waals surface area contributed by atoms with Gasteiger partial charge < -0.3 is 9.15 Å². The van der Waals surface area contributed by atoms with Gasteiger partial charge in [-0.3, -0.25) is 0 Å². The summed E-state index contributed by atoms with van der Waals surface area (Å²) in [6.45, 7) is 2.03. The molecular formula is C15H14O3. The van der Waals surface area contributed by atoms with Crippen molar-refractivity contribution >= 4 is 16.9 Å². The molecule has 0 N–H and O–H groups in total. The van der Waals surface area contributed by atoms with Gasteiger partial charge in [0.25, 0.3) is 0 Å². The summed E-state index contributed by atoms with van der Waals surface area (Å²) in [5.41, 5.74) is 0.799. The maximum atomic E-state index is 11.3. The van der Waals surface area contributed by atoms with E-state index >= 15 is 0 Å². The summed E-state index contributed by atoms with van der Waals surface area (Å²) in [7, 11) is 0. The maximum Gasteiger partial charge on any atom is 0.331 e. The number of furan rings is 1. The number of benzene rings is 1. The monoisotopic (exact) mass is 242 g/mol. The van der Waals surface area contributed by atoms with E-state index in [0.29, 0.717) is 5.76 Å². The van der Waals surface area contributed by atoms with Gasteiger partial charge in [-0.05, 0) is 19.1 Å². The third-order valence-corrected chi connectivity index (χ3v) is 2.37. The molecule has 1 aromatic carbocycles. The minimum absolute atomic E-state index is 0.147. The molecule has 0 bridgehead atoms. The predicted molar refractivity (Wildman–Crippen MR) is 70.0 cm³/mol. The van der Waals surface area contributed by atoms with E-state index in [-0.39, 0.29) is 12.6 Å². The predicted octanol–water partition coefficient (Wildman–Crippen LogP) is 3.61. The van der Waals surface area contributed by atoms with Crippen LogP contribution in [0.2, 0.25) is 0 Å². The van der Waals surface area contributed by atoms with Crippen LogP contribution in [0.3, 0.4) is 0 Å². The molecule has 0 atom stereocenters. The molecule has 0 amide bonds. The van der Waals surface area contributed by atoms with Crippen molar-refractivity contribution in [2.24, 2.45) is 0 Å². The highest BCUT2D eigenvalue weighted by Crippen LogP contribution is 2.19. The SMILES string of the molecule is C/C=C/C=C/C(=O)OCc1cc2ccccc2o1. The Hall–Kier alpha value is -2.29. The van der Waals surface area contributed by atoms with E-state index in [1.165, 1.54) is 6.08 Å². The Morgan fingerprint density at radius 3 is 2.94 bits per heavy atom. The number of esters is 1. The zero-order chi connectivity index (χ0) is 12.8. The first-order chi connectivity index (χ1) is 8.79. The average molecular weight is 242 g/mol. The number of para-hydroxylation sites is 1. The smallest absolute Gasteiger partial charge is 0.331 e. The minimum Gasteiger partial charge on any atom is -0.457 e. The van der Waals surface area contributed by atoms with Crippen LogP contribution in [0.1, 0.15) is 12.7 Å². The Morgan fingerprint density at radius 2 is 2.17 bits per heavy atom. The normalized spacial score (nSPS) is 11.6. The first-order valence-corrected chi connectivity index (χ1v) is 5.73. The van der Waals surface area contributed by atoms with E-state index in [0.717, 1.165) is 11.0 Å². The summed E-state index contributed by atoms with van der Waals surface area (Å²) < 4.78 is 10.6. The number of rotatable bonds is 4. The summed E-state index contributed by atoms with van der Waals surface area (Å²) >= 11 is 0. The number of hydrogen-bond donors (Lipinski definition) is 0. The minimum atomic E-state index is -0.381. The van der Waals surface area contributed by atoms with Crippen LogP contribution >= 0.6 is 0 Å². The van der Waals surface area contributed by atoms with Crippen LogP contribution in [0.25, 0.3) is 11.0 Å². The molecule has 0 fully saturated rings. The number of fused-ring (bicyclic) bond motifs is 1. The summed E-state index contributed by atoms with van der Waals surface area (Å²) in [4.78, 5) is 11.3. The number of carbonyl (C=O) groups is 1. The second-order valence-electron chi connectivity index (χ2n) is 3.74. The largest absolute Gasteiger partial charge is 0.457 e. The van der Waals surface area contributed by atoms with E-state index in [4.69, 9.17) is 9.15 Å². The summed E-state index contributed by atoms with van der Waals surface area (Å²) in [6.07, 6.45) is 6.62. The fourth-order valence-electron chi connectivity index (χ4n) is 1.54. The van der Waals surface area contributed by atoms with Crippen LogP contribution in [0.15, 0.2) is 59.1 Å². The molecule has 0 saturated heterocycles. The number of hydrogen-bond acceptors (Lipinski definition) is 3. The van der Waals surface area contributed by atoms with Gasteiger partial charge in [0.05, 0.1) is 0 Å². The lowest BCUT2D eigenvalue weighted by Gasteiger charge is -1.97. The van der Waals surface area contributed by atoms with Gasteiger partial charge in [0, 0.05) is 11.5 Å². The van der Waals surface area contributed by atoms with Crippen LogP contribution in [0.5, 0.6) is 0 Å². The summed E-state index contributed by atoms with van der Waals surface area (Å²) in [6, 6.07) is 9.55. The molecule has 0 aliphatic heterocycles. The van der Waals surface area contributed by atoms with Crippen molar-refractivity contribution in [2.75, 3.05) is 0 Å². The van der Waals surface area contributed by atoms with Gasteiger partial charge in [-0.25, -0.2) is 4.79 Å². The van der Waals surface area contributed by atoms with Crippen LogP contribution < -0.4 is 0 Å². The Kier molecular flexibility index (Phi) is 3.97. The first kappa shape index (κ1) is 12.2. The maximum absolute atomic E-state index is 11.3. The molecule has 0 unspecified atom stereocenters. The number of allylic oxidation sites excluding steroid dienone is 3. The van der Waals surface area contributed by atoms with E-state index < -0.39 is 0 Å². The Bertz CT molecular complexity index is 558. The van der Waals surface area contributed by atoms with Crippen molar-refractivity contribution in [3.05, 3.63) is 60.4 Å². The van der Waals surface area contributed by atoms with E-state index in [1.54, 1.807) is 12.2 Å². The molecule has 0 spiro atoms. The molecule has 3 heteroatoms. The first-order valence-electron chi connectivity index (χ1n) is 5.73. The summed E-state index contributed by atoms with van der Waals surface area (Å²) in [5.74, 6) is 0.262. The second kappa shape index (κ2) is 5.87. The Morgan fingerprint density at radius 1 is 1.33 bits per heavy atom. The lowest BCUT2D eigenvalue weighted by atomic mass is 10.2. The van der Waals surface area contributed by atoms with E-state index in [9.17, 15) is 4.79 Å². The molecular weight excluding hydrogens is 228 g/mol. The Labute approximate surface area is 105 Å². The zero-order valence-corrected chi connectivity index (χ0v) is 10.1. The fraction of sp³-hybridized carbons (Fsp3) is 0.133. The highest BCUT2D eigenvalue weighted by molar-refractivity contribution is 5.82. The molecule has 0 aliphatic carbocycles. The Balaban J connectivity index is 1.95. The second-order valence-corrected chi connectivity index (χ2v) is 3.74. The van der Waals surface area contributed by atoms with Gasteiger partial charge in [-0.2, -0.15) is 0 Å². The highest BCUT2D eigenvalue weighted by atomic mass is 16.5. The van der Waals surface area contributed by atoms with Crippen molar-refractivity contribution < 1.29 is 13.9 Å². The van der Waals surface area contributed by atoms with Gasteiger partial charge in [-0.15, -0.1) is 0 Å². The lowest BCUT2D eigenvalue weighted by Crippen LogP contribution is -1.99. The van der Waals surface area contributed by atoms with Gasteiger partial charge in [0.15, 0.2) is 0 Å². The van der Waals surface area contributed by atoms with Crippen LogP contribution in [0.4, 0.5) is 0 Å². The van der Waals surface area contributed by atoms with Crippen LogP contribution in [0, 0.1) is 0 Å². The lowest BCUT2D eigenvalue weighted by molar-refractivity contribution is -0.139. The van der Waals surface area contributed by atoms with Gasteiger partial charge in [-0.1, -0.05) is 36.4 Å². The molecule has 0 radical (unpaired) electrons. The molecule has 1 heterocycles. The summed E-state index contributed by atoms with van der Waals surface area (Å²) in [5, 5.41) is 1.01. The zero-order valence-electron chi connectivity index (χ0n) is 10.1.